The van der Waals surface area contributed by atoms with E-state index in [-0.39, 0.29) is 14.5 Å². The molecule has 13 rings (SSSR count). The van der Waals surface area contributed by atoms with Crippen LogP contribution >= 0.6 is 0 Å². The third kappa shape index (κ3) is 4.87. The van der Waals surface area contributed by atoms with Gasteiger partial charge in [0, 0.05) is 0 Å². The summed E-state index contributed by atoms with van der Waals surface area (Å²) in [6.07, 6.45) is 0. The van der Waals surface area contributed by atoms with Crippen molar-refractivity contribution >= 4 is 98.7 Å². The molecule has 2 heterocycles. The first-order chi connectivity index (χ1) is 29.8. The number of nitrogens with zero attached hydrogens (tertiary/aromatic N) is 1. The van der Waals surface area contributed by atoms with Crippen molar-refractivity contribution in [2.75, 3.05) is 0 Å². The molecule has 278 valence electrons. The van der Waals surface area contributed by atoms with E-state index in [9.17, 15) is 0 Å². The standard InChI is InChI=1S/C58H35NSe/c1-2-16-36(17-3-1)55-42-20-4-6-22-44(42)56(45-23-7-5-21-43(45)55)37-31-33-53-50(34-37)41-32-30-38(35-54(41)60-53)57-46-24-8-10-26-48(46)58(49-27-11-9-25-47(49)57)59-51-28-14-12-18-39(51)40-19-13-15-29-52(40)59/h1-35H. The third-order valence-corrected chi connectivity index (χ3v) is 15.1. The summed E-state index contributed by atoms with van der Waals surface area (Å²) in [5.41, 5.74) is 11.4. The molecule has 0 aliphatic rings. The van der Waals surface area contributed by atoms with E-state index in [0.717, 1.165) is 0 Å². The van der Waals surface area contributed by atoms with Crippen LogP contribution in [0.2, 0.25) is 0 Å². The summed E-state index contributed by atoms with van der Waals surface area (Å²) in [6, 6.07) is 79.1. The number of hydrogen-bond acceptors (Lipinski definition) is 0. The van der Waals surface area contributed by atoms with Crippen molar-refractivity contribution in [1.82, 2.24) is 4.57 Å². The zero-order valence-electron chi connectivity index (χ0n) is 32.6. The minimum absolute atomic E-state index is 0.190. The van der Waals surface area contributed by atoms with E-state index >= 15 is 0 Å². The average Bonchev–Trinajstić information content (AvgIpc) is 3.85. The summed E-state index contributed by atoms with van der Waals surface area (Å²) >= 11 is 0.190. The third-order valence-electron chi connectivity index (χ3n) is 12.7. The molecule has 0 saturated heterocycles. The van der Waals surface area contributed by atoms with Crippen molar-refractivity contribution in [3.63, 3.8) is 0 Å². The van der Waals surface area contributed by atoms with Gasteiger partial charge >= 0.3 is 355 Å². The quantitative estimate of drug-likeness (QED) is 0.123. The van der Waals surface area contributed by atoms with Gasteiger partial charge in [-0.25, -0.2) is 0 Å². The van der Waals surface area contributed by atoms with Gasteiger partial charge in [-0.05, 0) is 0 Å². The SMILES string of the molecule is c1ccc(-c2c3ccccc3c(-c3ccc4[se]c5cc(-c6c7ccccc7c(-n7c8ccccc8c8ccccc87)c7ccccc67)ccc5c4c3)c3ccccc23)cc1. The Hall–Kier alpha value is -7.22. The van der Waals surface area contributed by atoms with Crippen LogP contribution in [0.5, 0.6) is 0 Å². The fraction of sp³-hybridized carbons (Fsp3) is 0. The van der Waals surface area contributed by atoms with E-state index in [1.807, 2.05) is 0 Å². The Morgan fingerprint density at radius 2 is 0.650 bits per heavy atom. The number of rotatable bonds is 4. The zero-order chi connectivity index (χ0) is 39.3. The van der Waals surface area contributed by atoms with Gasteiger partial charge in [-0.3, -0.25) is 0 Å². The number of fused-ring (bicyclic) bond motifs is 10. The Morgan fingerprint density at radius 3 is 1.18 bits per heavy atom. The van der Waals surface area contributed by atoms with Crippen molar-refractivity contribution in [3.05, 3.63) is 212 Å². The molecule has 0 aliphatic heterocycles. The first kappa shape index (κ1) is 33.7. The summed E-state index contributed by atoms with van der Waals surface area (Å²) < 4.78 is 5.39. The van der Waals surface area contributed by atoms with Crippen molar-refractivity contribution < 1.29 is 0 Å². The van der Waals surface area contributed by atoms with Crippen LogP contribution in [0.4, 0.5) is 0 Å². The summed E-state index contributed by atoms with van der Waals surface area (Å²) in [5.74, 6) is 0. The van der Waals surface area contributed by atoms with Gasteiger partial charge in [0.15, 0.2) is 0 Å². The van der Waals surface area contributed by atoms with Gasteiger partial charge in [0.05, 0.1) is 0 Å². The second-order valence-corrected chi connectivity index (χ2v) is 18.2. The van der Waals surface area contributed by atoms with Gasteiger partial charge in [-0.2, -0.15) is 0 Å². The molecule has 0 spiro atoms. The van der Waals surface area contributed by atoms with Crippen LogP contribution < -0.4 is 0 Å². The fourth-order valence-electron chi connectivity index (χ4n) is 10.3. The van der Waals surface area contributed by atoms with E-state index < -0.39 is 0 Å². The molecule has 1 nitrogen and oxygen atoms in total. The van der Waals surface area contributed by atoms with E-state index in [4.69, 9.17) is 0 Å². The number of para-hydroxylation sites is 2. The predicted molar refractivity (Wildman–Crippen MR) is 259 cm³/mol. The normalized spacial score (nSPS) is 12.0. The van der Waals surface area contributed by atoms with Gasteiger partial charge in [0.2, 0.25) is 0 Å². The van der Waals surface area contributed by atoms with Crippen molar-refractivity contribution in [2.45, 2.75) is 0 Å². The topological polar surface area (TPSA) is 4.93 Å². The first-order valence-corrected chi connectivity index (χ1v) is 22.4. The Morgan fingerprint density at radius 1 is 0.250 bits per heavy atom. The zero-order valence-corrected chi connectivity index (χ0v) is 34.3. The van der Waals surface area contributed by atoms with E-state index in [0.29, 0.717) is 0 Å². The first-order valence-electron chi connectivity index (χ1n) is 20.7. The van der Waals surface area contributed by atoms with Gasteiger partial charge in [-0.1, -0.05) is 0 Å². The molecule has 0 N–H and O–H groups in total. The molecule has 60 heavy (non-hydrogen) atoms. The fourth-order valence-corrected chi connectivity index (χ4v) is 12.6. The Kier molecular flexibility index (Phi) is 7.39. The Balaban J connectivity index is 1.03. The van der Waals surface area contributed by atoms with Crippen LogP contribution in [-0.4, -0.2) is 19.1 Å². The van der Waals surface area contributed by atoms with Crippen molar-refractivity contribution in [3.8, 4) is 39.1 Å². The molecule has 0 radical (unpaired) electrons. The Bertz CT molecular complexity index is 3720. The molecule has 0 fully saturated rings. The molecule has 0 aliphatic carbocycles. The van der Waals surface area contributed by atoms with Crippen LogP contribution in [-0.2, 0) is 0 Å². The summed E-state index contributed by atoms with van der Waals surface area (Å²) in [5, 5.41) is 15.5. The molecule has 13 aromatic rings. The van der Waals surface area contributed by atoms with Crippen molar-refractivity contribution in [2.24, 2.45) is 0 Å². The molecule has 2 heteroatoms. The summed E-state index contributed by atoms with van der Waals surface area (Å²) in [7, 11) is 0. The van der Waals surface area contributed by atoms with Crippen LogP contribution in [0.15, 0.2) is 212 Å². The number of benzene rings is 11. The van der Waals surface area contributed by atoms with E-state index in [2.05, 4.69) is 217 Å². The molecule has 2 aromatic heterocycles. The van der Waals surface area contributed by atoms with Crippen LogP contribution in [0.3, 0.4) is 0 Å². The molecule has 0 bridgehead atoms. The van der Waals surface area contributed by atoms with Crippen molar-refractivity contribution in [1.29, 1.82) is 0 Å². The van der Waals surface area contributed by atoms with Gasteiger partial charge < -0.3 is 0 Å². The predicted octanol–water partition coefficient (Wildman–Crippen LogP) is 15.8. The van der Waals surface area contributed by atoms with Gasteiger partial charge in [0.1, 0.15) is 0 Å². The van der Waals surface area contributed by atoms with Gasteiger partial charge in [-0.15, -0.1) is 0 Å². The second kappa shape index (κ2) is 13.1. The molecule has 11 aromatic carbocycles. The molecule has 0 saturated carbocycles. The average molecular weight is 825 g/mol. The maximum absolute atomic E-state index is 2.50. The summed E-state index contributed by atoms with van der Waals surface area (Å²) in [4.78, 5) is 0. The molecule has 0 unspecified atom stereocenters. The Labute approximate surface area is 352 Å². The molecule has 0 atom stereocenters. The number of hydrogen-bond donors (Lipinski definition) is 0. The maximum atomic E-state index is 2.50. The van der Waals surface area contributed by atoms with E-state index in [1.165, 1.54) is 123 Å². The molecular formula is C58H35NSe. The molecular weight excluding hydrogens is 790 g/mol. The van der Waals surface area contributed by atoms with Crippen LogP contribution in [0.25, 0.3) is 123 Å². The monoisotopic (exact) mass is 825 g/mol. The summed E-state index contributed by atoms with van der Waals surface area (Å²) in [6.45, 7) is 0. The minimum atomic E-state index is 0.190. The second-order valence-electron chi connectivity index (χ2n) is 15.9. The van der Waals surface area contributed by atoms with E-state index in [1.54, 1.807) is 0 Å². The van der Waals surface area contributed by atoms with Crippen LogP contribution in [0, 0.1) is 0 Å². The van der Waals surface area contributed by atoms with Crippen LogP contribution in [0.1, 0.15) is 0 Å². The van der Waals surface area contributed by atoms with Gasteiger partial charge in [0.25, 0.3) is 0 Å². The molecule has 0 amide bonds. The number of aromatic nitrogens is 1.